The third-order valence-electron chi connectivity index (χ3n) is 9.90. The third kappa shape index (κ3) is 7.91. The van der Waals surface area contributed by atoms with E-state index in [1.807, 2.05) is 67.6 Å². The number of carbonyl (C=O) groups is 2. The van der Waals surface area contributed by atoms with Gasteiger partial charge in [0.05, 0.1) is 10.0 Å². The maximum Gasteiger partial charge on any atom is 0.257 e. The number of aromatic nitrogens is 4. The first-order chi connectivity index (χ1) is 27.5. The van der Waals surface area contributed by atoms with Gasteiger partial charge < -0.3 is 15.3 Å². The van der Waals surface area contributed by atoms with Gasteiger partial charge in [-0.15, -0.1) is 0 Å². The van der Waals surface area contributed by atoms with Crippen molar-refractivity contribution in [3.63, 3.8) is 0 Å². The van der Waals surface area contributed by atoms with Crippen LogP contribution in [0.3, 0.4) is 0 Å². The lowest BCUT2D eigenvalue weighted by Crippen LogP contribution is -2.11. The van der Waals surface area contributed by atoms with E-state index in [-0.39, 0.29) is 11.8 Å². The van der Waals surface area contributed by atoms with Crippen LogP contribution in [0.25, 0.3) is 54.7 Å². The van der Waals surface area contributed by atoms with Gasteiger partial charge in [-0.25, -0.2) is 9.97 Å². The molecule has 4 aromatic heterocycles. The Bertz CT molecular complexity index is 2930. The highest BCUT2D eigenvalue weighted by Crippen LogP contribution is 2.36. The molecule has 0 fully saturated rings. The highest BCUT2D eigenvalue weighted by atomic mass is 35.5. The molecule has 0 aliphatic rings. The number of carbonyl (C=O) groups excluding carboxylic acids is 2. The Hall–Kier alpha value is -6.26. The van der Waals surface area contributed by atoms with Crippen molar-refractivity contribution in [3.05, 3.63) is 165 Å². The van der Waals surface area contributed by atoms with E-state index < -0.39 is 0 Å². The van der Waals surface area contributed by atoms with Gasteiger partial charge in [0.1, 0.15) is 10.3 Å². The molecule has 0 saturated heterocycles. The fraction of sp³-hybridized carbons (Fsp3) is 0.0870. The average Bonchev–Trinajstić information content (AvgIpc) is 3.92. The van der Waals surface area contributed by atoms with Gasteiger partial charge in [0, 0.05) is 67.3 Å². The van der Waals surface area contributed by atoms with Crippen molar-refractivity contribution >= 4 is 89.3 Å². The van der Waals surface area contributed by atoms with Crippen LogP contribution in [0.1, 0.15) is 43.0 Å². The Labute approximate surface area is 342 Å². The van der Waals surface area contributed by atoms with Crippen molar-refractivity contribution in [3.8, 4) is 22.5 Å². The van der Waals surface area contributed by atoms with Crippen molar-refractivity contribution < 1.29 is 9.59 Å². The van der Waals surface area contributed by atoms with E-state index in [1.54, 1.807) is 36.5 Å². The fourth-order valence-electron chi connectivity index (χ4n) is 6.82. The smallest absolute Gasteiger partial charge is 0.257 e. The summed E-state index contributed by atoms with van der Waals surface area (Å²) in [6, 6.07) is 36.7. The number of hydrogen-bond donors (Lipinski definition) is 4. The molecule has 9 rings (SSSR count). The largest absolute Gasteiger partial charge is 0.354 e. The quantitative estimate of drug-likeness (QED) is 0.134. The summed E-state index contributed by atoms with van der Waals surface area (Å²) in [5.74, 6) is -0.341. The number of hydrogen-bond acceptors (Lipinski definition) is 5. The Kier molecular flexibility index (Phi) is 10.4. The second-order valence-electron chi connectivity index (χ2n) is 13.9. The number of anilines is 2. The Balaban J connectivity index is 0.000000160. The van der Waals surface area contributed by atoms with Crippen LogP contribution >= 0.6 is 34.5 Å². The number of aromatic amines is 2. The molecule has 8 nitrogen and oxygen atoms in total. The van der Waals surface area contributed by atoms with E-state index in [0.717, 1.165) is 60.4 Å². The topological polar surface area (TPSA) is 116 Å². The highest BCUT2D eigenvalue weighted by Gasteiger charge is 2.15. The molecule has 5 aromatic carbocycles. The van der Waals surface area contributed by atoms with Gasteiger partial charge in [0.15, 0.2) is 5.13 Å². The highest BCUT2D eigenvalue weighted by molar-refractivity contribution is 7.22. The van der Waals surface area contributed by atoms with Crippen LogP contribution < -0.4 is 10.6 Å². The third-order valence-corrected chi connectivity index (χ3v) is 11.4. The molecule has 2 amide bonds. The zero-order valence-corrected chi connectivity index (χ0v) is 33.8. The zero-order valence-electron chi connectivity index (χ0n) is 31.4. The lowest BCUT2D eigenvalue weighted by molar-refractivity contribution is 0.101. The Morgan fingerprint density at radius 3 is 1.81 bits per heavy atom. The summed E-state index contributed by atoms with van der Waals surface area (Å²) >= 11 is 14.0. The van der Waals surface area contributed by atoms with Crippen LogP contribution in [-0.4, -0.2) is 31.8 Å². The summed E-state index contributed by atoms with van der Waals surface area (Å²) in [6.45, 7) is 8.35. The van der Waals surface area contributed by atoms with Crippen LogP contribution in [0, 0.1) is 27.7 Å². The van der Waals surface area contributed by atoms with Crippen molar-refractivity contribution in [1.29, 1.82) is 0 Å². The number of amides is 2. The first-order valence-electron chi connectivity index (χ1n) is 18.2. The molecule has 0 unspecified atom stereocenters. The molecular weight excluding hydrogens is 772 g/mol. The first-order valence-corrected chi connectivity index (χ1v) is 19.8. The SMILES string of the molecule is Cc1ccc(NC(=O)c2ccc3cc(-c4c(C)cccc4C)[nH]c3c2)cc1C.O=C(Nc1nc2cccnc2s1)c1ccc2cc(-c3c(Cl)cccc3Cl)[nH]c2c1. The maximum absolute atomic E-state index is 12.7. The molecule has 11 heteroatoms. The van der Waals surface area contributed by atoms with Crippen LogP contribution in [0.2, 0.25) is 10.0 Å². The first kappa shape index (κ1) is 37.7. The molecule has 0 saturated carbocycles. The Morgan fingerprint density at radius 1 is 0.596 bits per heavy atom. The van der Waals surface area contributed by atoms with Gasteiger partial charge in [-0.1, -0.05) is 77.0 Å². The van der Waals surface area contributed by atoms with E-state index in [9.17, 15) is 9.59 Å². The number of H-pyrrole nitrogens is 2. The molecule has 282 valence electrons. The molecule has 9 aromatic rings. The molecule has 57 heavy (non-hydrogen) atoms. The number of nitrogens with one attached hydrogen (secondary N) is 4. The van der Waals surface area contributed by atoms with Gasteiger partial charge in [-0.3, -0.25) is 14.9 Å². The normalized spacial score (nSPS) is 11.1. The molecule has 0 radical (unpaired) electrons. The monoisotopic (exact) mass is 806 g/mol. The minimum Gasteiger partial charge on any atom is -0.354 e. The number of fused-ring (bicyclic) bond motifs is 3. The Morgan fingerprint density at radius 2 is 1.19 bits per heavy atom. The molecular formula is C46H36Cl2N6O2S. The van der Waals surface area contributed by atoms with Gasteiger partial charge in [0.25, 0.3) is 11.8 Å². The summed E-state index contributed by atoms with van der Waals surface area (Å²) in [5, 5.41) is 9.53. The van der Waals surface area contributed by atoms with E-state index in [0.29, 0.717) is 26.3 Å². The standard InChI is InChI=1S/C25H24N2O.C21H12Cl2N4OS/c1-15-8-11-21(12-18(15)4)26-25(28)20-10-9-19-13-23(27-22(19)14-20)24-16(2)6-5-7-17(24)3;22-13-3-1-4-14(23)18(13)17-9-11-6-7-12(10-16(11)25-17)19(28)27-21-26-15-5-2-8-24-20(15)29-21/h5-14,27H,1-4H3,(H,26,28);1-10,25H,(H,26,27,28). The molecule has 0 aliphatic carbocycles. The molecule has 0 spiro atoms. The van der Waals surface area contributed by atoms with Crippen LogP contribution in [0.5, 0.6) is 0 Å². The fourth-order valence-corrected chi connectivity index (χ4v) is 8.22. The van der Waals surface area contributed by atoms with E-state index in [2.05, 4.69) is 75.6 Å². The number of thiazole rings is 1. The van der Waals surface area contributed by atoms with Crippen LogP contribution in [-0.2, 0) is 0 Å². The minimum atomic E-state index is -0.238. The van der Waals surface area contributed by atoms with Crippen LogP contribution in [0.15, 0.2) is 121 Å². The number of aryl methyl sites for hydroxylation is 4. The lowest BCUT2D eigenvalue weighted by atomic mass is 10.0. The predicted octanol–water partition coefficient (Wildman–Crippen LogP) is 12.7. The van der Waals surface area contributed by atoms with Crippen molar-refractivity contribution in [2.45, 2.75) is 27.7 Å². The van der Waals surface area contributed by atoms with Gasteiger partial charge >= 0.3 is 0 Å². The summed E-state index contributed by atoms with van der Waals surface area (Å²) in [5.41, 5.74) is 13.2. The predicted molar refractivity (Wildman–Crippen MR) is 236 cm³/mol. The van der Waals surface area contributed by atoms with Crippen molar-refractivity contribution in [1.82, 2.24) is 19.9 Å². The van der Waals surface area contributed by atoms with Gasteiger partial charge in [-0.05, 0) is 123 Å². The molecule has 4 N–H and O–H groups in total. The lowest BCUT2D eigenvalue weighted by Gasteiger charge is -2.08. The molecule has 0 atom stereocenters. The average molecular weight is 808 g/mol. The molecule has 0 bridgehead atoms. The summed E-state index contributed by atoms with van der Waals surface area (Å²) in [6.07, 6.45) is 1.70. The van der Waals surface area contributed by atoms with E-state index >= 15 is 0 Å². The van der Waals surface area contributed by atoms with Gasteiger partial charge in [0.2, 0.25) is 0 Å². The van der Waals surface area contributed by atoms with E-state index in [1.165, 1.54) is 33.6 Å². The molecule has 0 aliphatic heterocycles. The number of halogens is 2. The summed E-state index contributed by atoms with van der Waals surface area (Å²) in [7, 11) is 0. The number of benzene rings is 5. The number of rotatable bonds is 6. The van der Waals surface area contributed by atoms with Crippen molar-refractivity contribution in [2.75, 3.05) is 10.6 Å². The van der Waals surface area contributed by atoms with E-state index in [4.69, 9.17) is 23.2 Å². The van der Waals surface area contributed by atoms with Crippen LogP contribution in [0.4, 0.5) is 10.8 Å². The minimum absolute atomic E-state index is 0.103. The number of nitrogens with zero attached hydrogens (tertiary/aromatic N) is 2. The second kappa shape index (κ2) is 15.7. The second-order valence-corrected chi connectivity index (χ2v) is 15.7. The van der Waals surface area contributed by atoms with Gasteiger partial charge in [-0.2, -0.15) is 0 Å². The summed E-state index contributed by atoms with van der Waals surface area (Å²) < 4.78 is 0. The zero-order chi connectivity index (χ0) is 39.8. The van der Waals surface area contributed by atoms with Crippen molar-refractivity contribution in [2.24, 2.45) is 0 Å². The number of pyridine rings is 1. The maximum atomic E-state index is 12.7. The molecule has 4 heterocycles. The summed E-state index contributed by atoms with van der Waals surface area (Å²) in [4.78, 5) is 41.6.